The second-order valence-electron chi connectivity index (χ2n) is 7.72. The molecule has 5 rings (SSSR count). The minimum absolute atomic E-state index is 0.219. The molecule has 0 bridgehead atoms. The minimum atomic E-state index is -0.309. The van der Waals surface area contributed by atoms with E-state index in [1.54, 1.807) is 18.2 Å². The third-order valence-electron chi connectivity index (χ3n) is 5.51. The van der Waals surface area contributed by atoms with Crippen LogP contribution >= 0.6 is 27.7 Å². The topological polar surface area (TPSA) is 42.3 Å². The highest BCUT2D eigenvalue weighted by atomic mass is 79.9. The molecule has 1 aromatic heterocycles. The number of hydrogen-bond donors (Lipinski definition) is 0. The predicted octanol–water partition coefficient (Wildman–Crippen LogP) is 6.83. The molecule has 4 aromatic rings. The van der Waals surface area contributed by atoms with Gasteiger partial charge in [0.05, 0.1) is 18.0 Å². The maximum atomic E-state index is 14.2. The summed E-state index contributed by atoms with van der Waals surface area (Å²) >= 11 is 4.36. The first-order chi connectivity index (χ1) is 16.0. The van der Waals surface area contributed by atoms with Crippen molar-refractivity contribution in [1.29, 1.82) is 0 Å². The molecule has 0 saturated carbocycles. The van der Waals surface area contributed by atoms with Gasteiger partial charge in [-0.05, 0) is 47.7 Å². The van der Waals surface area contributed by atoms with Gasteiger partial charge in [0.25, 0.3) is 11.1 Å². The van der Waals surface area contributed by atoms with Crippen LogP contribution in [0.2, 0.25) is 0 Å². The van der Waals surface area contributed by atoms with E-state index in [0.717, 1.165) is 38.3 Å². The molecule has 0 radical (unpaired) electrons. The summed E-state index contributed by atoms with van der Waals surface area (Å²) in [6, 6.07) is 22.0. The normalized spacial score (nSPS) is 15.2. The van der Waals surface area contributed by atoms with Crippen LogP contribution in [0.25, 0.3) is 17.0 Å². The molecule has 0 spiro atoms. The van der Waals surface area contributed by atoms with Gasteiger partial charge in [-0.3, -0.25) is 14.5 Å². The van der Waals surface area contributed by atoms with Gasteiger partial charge < -0.3 is 4.57 Å². The third-order valence-corrected chi connectivity index (χ3v) is 6.91. The van der Waals surface area contributed by atoms with Crippen LogP contribution in [0.5, 0.6) is 0 Å². The van der Waals surface area contributed by atoms with Crippen molar-refractivity contribution in [3.8, 4) is 0 Å². The Morgan fingerprint density at radius 1 is 0.939 bits per heavy atom. The highest BCUT2D eigenvalue weighted by Crippen LogP contribution is 2.35. The van der Waals surface area contributed by atoms with Crippen molar-refractivity contribution < 1.29 is 14.0 Å². The van der Waals surface area contributed by atoms with Gasteiger partial charge in [0.15, 0.2) is 0 Å². The standard InChI is InChI=1S/C26H18BrFN2O2S/c27-20-8-5-6-17(12-20)14-30-25(31)24(33-26(30)32)13-19-16-29(23-11-4-2-9-21(19)23)15-18-7-1-3-10-22(18)28/h1-13,16H,14-15H2/b24-13-. The van der Waals surface area contributed by atoms with Crippen LogP contribution in [-0.4, -0.2) is 20.6 Å². The first-order valence-electron chi connectivity index (χ1n) is 10.3. The maximum absolute atomic E-state index is 14.2. The van der Waals surface area contributed by atoms with E-state index in [1.165, 1.54) is 11.0 Å². The van der Waals surface area contributed by atoms with E-state index in [1.807, 2.05) is 65.4 Å². The number of hydrogen-bond acceptors (Lipinski definition) is 3. The number of halogens is 2. The molecule has 1 aliphatic rings. The van der Waals surface area contributed by atoms with E-state index in [9.17, 15) is 14.0 Å². The zero-order chi connectivity index (χ0) is 22.9. The molecule has 33 heavy (non-hydrogen) atoms. The van der Waals surface area contributed by atoms with Crippen LogP contribution in [0, 0.1) is 5.82 Å². The van der Waals surface area contributed by atoms with Crippen LogP contribution in [0.3, 0.4) is 0 Å². The van der Waals surface area contributed by atoms with Crippen LogP contribution < -0.4 is 0 Å². The van der Waals surface area contributed by atoms with E-state index in [2.05, 4.69) is 15.9 Å². The van der Waals surface area contributed by atoms with Crippen molar-refractivity contribution in [2.75, 3.05) is 0 Å². The third kappa shape index (κ3) is 4.38. The molecular formula is C26H18BrFN2O2S. The van der Waals surface area contributed by atoms with Crippen LogP contribution in [0.1, 0.15) is 16.7 Å². The fraction of sp³-hybridized carbons (Fsp3) is 0.0769. The highest BCUT2D eigenvalue weighted by molar-refractivity contribution is 9.10. The Kier molecular flexibility index (Phi) is 5.91. The Bertz CT molecular complexity index is 1430. The predicted molar refractivity (Wildman–Crippen MR) is 133 cm³/mol. The summed E-state index contributed by atoms with van der Waals surface area (Å²) in [4.78, 5) is 27.3. The van der Waals surface area contributed by atoms with Gasteiger partial charge in [-0.25, -0.2) is 4.39 Å². The van der Waals surface area contributed by atoms with Gasteiger partial charge in [-0.2, -0.15) is 0 Å². The molecular weight excluding hydrogens is 503 g/mol. The molecule has 164 valence electrons. The summed E-state index contributed by atoms with van der Waals surface area (Å²) in [5.41, 5.74) is 3.20. The number of rotatable bonds is 5. The molecule has 2 heterocycles. The van der Waals surface area contributed by atoms with Crippen LogP contribution in [0.15, 0.2) is 88.4 Å². The summed E-state index contributed by atoms with van der Waals surface area (Å²) in [5.74, 6) is -0.568. The van der Waals surface area contributed by atoms with Gasteiger partial charge in [0.2, 0.25) is 0 Å². The van der Waals surface area contributed by atoms with Crippen LogP contribution in [0.4, 0.5) is 9.18 Å². The largest absolute Gasteiger partial charge is 0.342 e. The monoisotopic (exact) mass is 520 g/mol. The SMILES string of the molecule is O=C1S/C(=C\c2cn(Cc3ccccc3F)c3ccccc23)C(=O)N1Cc1cccc(Br)c1. The van der Waals surface area contributed by atoms with Gasteiger partial charge in [0, 0.05) is 32.7 Å². The molecule has 0 unspecified atom stereocenters. The smallest absolute Gasteiger partial charge is 0.293 e. The van der Waals surface area contributed by atoms with E-state index in [-0.39, 0.29) is 23.5 Å². The lowest BCUT2D eigenvalue weighted by atomic mass is 10.1. The Morgan fingerprint density at radius 2 is 1.73 bits per heavy atom. The summed E-state index contributed by atoms with van der Waals surface area (Å²) < 4.78 is 17.1. The summed E-state index contributed by atoms with van der Waals surface area (Å²) in [6.45, 7) is 0.585. The number of aromatic nitrogens is 1. The number of imide groups is 1. The van der Waals surface area contributed by atoms with Crippen molar-refractivity contribution in [2.24, 2.45) is 0 Å². The van der Waals surface area contributed by atoms with Crippen molar-refractivity contribution in [1.82, 2.24) is 9.47 Å². The van der Waals surface area contributed by atoms with E-state index < -0.39 is 0 Å². The molecule has 4 nitrogen and oxygen atoms in total. The summed E-state index contributed by atoms with van der Waals surface area (Å²) in [7, 11) is 0. The lowest BCUT2D eigenvalue weighted by Gasteiger charge is -2.12. The minimum Gasteiger partial charge on any atom is -0.342 e. The Morgan fingerprint density at radius 3 is 2.55 bits per heavy atom. The molecule has 3 aromatic carbocycles. The molecule has 0 N–H and O–H groups in total. The van der Waals surface area contributed by atoms with Crippen molar-refractivity contribution in [3.63, 3.8) is 0 Å². The molecule has 0 aliphatic carbocycles. The zero-order valence-electron chi connectivity index (χ0n) is 17.4. The van der Waals surface area contributed by atoms with Crippen molar-refractivity contribution >= 4 is 55.8 Å². The molecule has 1 saturated heterocycles. The second kappa shape index (κ2) is 9.00. The second-order valence-corrected chi connectivity index (χ2v) is 9.63. The fourth-order valence-electron chi connectivity index (χ4n) is 3.93. The van der Waals surface area contributed by atoms with Gasteiger partial charge in [-0.1, -0.05) is 64.5 Å². The summed E-state index contributed by atoms with van der Waals surface area (Å²) in [5, 5.41) is 0.647. The van der Waals surface area contributed by atoms with Crippen LogP contribution in [-0.2, 0) is 17.9 Å². The number of carbonyl (C=O) groups is 2. The molecule has 7 heteroatoms. The zero-order valence-corrected chi connectivity index (χ0v) is 19.8. The Hall–Kier alpha value is -3.16. The molecule has 2 amide bonds. The van der Waals surface area contributed by atoms with E-state index in [4.69, 9.17) is 0 Å². The van der Waals surface area contributed by atoms with Gasteiger partial charge in [0.1, 0.15) is 5.82 Å². The molecule has 1 aliphatic heterocycles. The number of carbonyl (C=O) groups excluding carboxylic acids is 2. The molecule has 1 fully saturated rings. The average molecular weight is 521 g/mol. The van der Waals surface area contributed by atoms with Gasteiger partial charge >= 0.3 is 0 Å². The number of thioether (sulfide) groups is 1. The fourth-order valence-corrected chi connectivity index (χ4v) is 5.20. The Balaban J connectivity index is 1.47. The Labute approximate surface area is 202 Å². The average Bonchev–Trinajstić information content (AvgIpc) is 3.28. The number of benzene rings is 3. The maximum Gasteiger partial charge on any atom is 0.293 e. The highest BCUT2D eigenvalue weighted by Gasteiger charge is 2.35. The van der Waals surface area contributed by atoms with E-state index in [0.29, 0.717) is 17.0 Å². The first-order valence-corrected chi connectivity index (χ1v) is 11.9. The first kappa shape index (κ1) is 21.7. The van der Waals surface area contributed by atoms with Crippen molar-refractivity contribution in [2.45, 2.75) is 13.1 Å². The lowest BCUT2D eigenvalue weighted by Crippen LogP contribution is -2.27. The van der Waals surface area contributed by atoms with Gasteiger partial charge in [-0.15, -0.1) is 0 Å². The lowest BCUT2D eigenvalue weighted by molar-refractivity contribution is -0.123. The van der Waals surface area contributed by atoms with Crippen molar-refractivity contribution in [3.05, 3.63) is 111 Å². The number of para-hydroxylation sites is 1. The molecule has 0 atom stereocenters. The van der Waals surface area contributed by atoms with E-state index >= 15 is 0 Å². The number of amides is 2. The number of nitrogens with zero attached hydrogens (tertiary/aromatic N) is 2. The number of fused-ring (bicyclic) bond motifs is 1. The quantitative estimate of drug-likeness (QED) is 0.271. The summed E-state index contributed by atoms with van der Waals surface area (Å²) in [6.07, 6.45) is 3.66.